The molecule has 32 heavy (non-hydrogen) atoms. The highest BCUT2D eigenvalue weighted by atomic mass is 32.2. The van der Waals surface area contributed by atoms with Crippen LogP contribution in [0.2, 0.25) is 0 Å². The molecule has 0 aliphatic carbocycles. The SMILES string of the molecule is CC[C@H](C(=O)NC(C)C)N(Cc1cccc(C)c1)C(=O)CSCc1ccc([N+](=O)[O-])cc1. The van der Waals surface area contributed by atoms with Crippen LogP contribution in [-0.2, 0) is 21.9 Å². The van der Waals surface area contributed by atoms with Gasteiger partial charge in [0, 0.05) is 30.5 Å². The van der Waals surface area contributed by atoms with Crippen LogP contribution in [0.4, 0.5) is 5.69 Å². The average Bonchev–Trinajstić information content (AvgIpc) is 2.73. The van der Waals surface area contributed by atoms with E-state index in [1.165, 1.54) is 23.9 Å². The van der Waals surface area contributed by atoms with Crippen molar-refractivity contribution in [2.24, 2.45) is 0 Å². The fourth-order valence-electron chi connectivity index (χ4n) is 3.36. The molecule has 7 nitrogen and oxygen atoms in total. The minimum absolute atomic E-state index is 0.0102. The maximum atomic E-state index is 13.2. The van der Waals surface area contributed by atoms with Gasteiger partial charge >= 0.3 is 0 Å². The maximum absolute atomic E-state index is 13.2. The van der Waals surface area contributed by atoms with E-state index in [2.05, 4.69) is 5.32 Å². The molecule has 0 aliphatic rings. The van der Waals surface area contributed by atoms with Gasteiger partial charge in [0.2, 0.25) is 11.8 Å². The van der Waals surface area contributed by atoms with Gasteiger partial charge in [-0.1, -0.05) is 48.9 Å². The van der Waals surface area contributed by atoms with E-state index < -0.39 is 11.0 Å². The van der Waals surface area contributed by atoms with Crippen molar-refractivity contribution in [1.29, 1.82) is 0 Å². The topological polar surface area (TPSA) is 92.6 Å². The van der Waals surface area contributed by atoms with Crippen molar-refractivity contribution in [1.82, 2.24) is 10.2 Å². The van der Waals surface area contributed by atoms with Crippen LogP contribution in [0.3, 0.4) is 0 Å². The Kier molecular flexibility index (Phi) is 9.71. The lowest BCUT2D eigenvalue weighted by Crippen LogP contribution is -2.50. The predicted molar refractivity (Wildman–Crippen MR) is 128 cm³/mol. The van der Waals surface area contributed by atoms with E-state index in [9.17, 15) is 19.7 Å². The minimum atomic E-state index is -0.551. The summed E-state index contributed by atoms with van der Waals surface area (Å²) in [5.74, 6) is 0.513. The van der Waals surface area contributed by atoms with Gasteiger partial charge < -0.3 is 10.2 Å². The molecule has 1 N–H and O–H groups in total. The van der Waals surface area contributed by atoms with Crippen molar-refractivity contribution < 1.29 is 14.5 Å². The van der Waals surface area contributed by atoms with Crippen molar-refractivity contribution in [3.05, 3.63) is 75.3 Å². The fraction of sp³-hybridized carbons (Fsp3) is 0.417. The third-order valence-corrected chi connectivity index (χ3v) is 5.88. The molecule has 172 valence electrons. The molecule has 2 amide bonds. The zero-order valence-corrected chi connectivity index (χ0v) is 19.9. The number of thioether (sulfide) groups is 1. The third-order valence-electron chi connectivity index (χ3n) is 4.89. The second-order valence-corrected chi connectivity index (χ2v) is 9.00. The number of aryl methyl sites for hydroxylation is 1. The number of hydrogen-bond acceptors (Lipinski definition) is 5. The number of nitrogens with one attached hydrogen (secondary N) is 1. The summed E-state index contributed by atoms with van der Waals surface area (Å²) in [4.78, 5) is 38.0. The molecular formula is C24H31N3O4S. The van der Waals surface area contributed by atoms with Gasteiger partial charge in [-0.25, -0.2) is 0 Å². The van der Waals surface area contributed by atoms with Gasteiger partial charge in [-0.3, -0.25) is 19.7 Å². The van der Waals surface area contributed by atoms with Crippen LogP contribution in [0.1, 0.15) is 43.9 Å². The molecule has 2 rings (SSSR count). The van der Waals surface area contributed by atoms with E-state index in [1.54, 1.807) is 17.0 Å². The standard InChI is InChI=1S/C24H31N3O4S/c1-5-22(24(29)25-17(2)3)26(14-20-8-6-7-18(4)13-20)23(28)16-32-15-19-9-11-21(12-10-19)27(30)31/h6-13,17,22H,5,14-16H2,1-4H3,(H,25,29)/t22-/m1/s1. The summed E-state index contributed by atoms with van der Waals surface area (Å²) in [5, 5.41) is 13.7. The monoisotopic (exact) mass is 457 g/mol. The highest BCUT2D eigenvalue weighted by Gasteiger charge is 2.28. The van der Waals surface area contributed by atoms with Crippen molar-refractivity contribution in [2.45, 2.75) is 58.5 Å². The summed E-state index contributed by atoms with van der Waals surface area (Å²) < 4.78 is 0. The van der Waals surface area contributed by atoms with E-state index in [1.807, 2.05) is 52.0 Å². The molecule has 0 saturated heterocycles. The maximum Gasteiger partial charge on any atom is 0.269 e. The summed E-state index contributed by atoms with van der Waals surface area (Å²) in [7, 11) is 0. The summed E-state index contributed by atoms with van der Waals surface area (Å²) in [6.45, 7) is 8.07. The van der Waals surface area contributed by atoms with Crippen molar-refractivity contribution in [2.75, 3.05) is 5.75 Å². The Hall–Kier alpha value is -2.87. The first-order valence-corrected chi connectivity index (χ1v) is 11.8. The van der Waals surface area contributed by atoms with E-state index in [0.717, 1.165) is 16.7 Å². The van der Waals surface area contributed by atoms with E-state index in [0.29, 0.717) is 18.7 Å². The highest BCUT2D eigenvalue weighted by molar-refractivity contribution is 7.99. The Morgan fingerprint density at radius 3 is 2.38 bits per heavy atom. The van der Waals surface area contributed by atoms with Crippen LogP contribution in [0, 0.1) is 17.0 Å². The summed E-state index contributed by atoms with van der Waals surface area (Å²) >= 11 is 1.43. The van der Waals surface area contributed by atoms with Gasteiger partial charge in [-0.05, 0) is 38.3 Å². The van der Waals surface area contributed by atoms with Gasteiger partial charge in [0.05, 0.1) is 10.7 Å². The third kappa shape index (κ3) is 7.67. The number of benzene rings is 2. The molecule has 0 spiro atoms. The molecule has 0 aromatic heterocycles. The largest absolute Gasteiger partial charge is 0.352 e. The van der Waals surface area contributed by atoms with E-state index >= 15 is 0 Å². The lowest BCUT2D eigenvalue weighted by atomic mass is 10.1. The zero-order chi connectivity index (χ0) is 23.7. The molecule has 0 radical (unpaired) electrons. The number of hydrogen-bond donors (Lipinski definition) is 1. The second kappa shape index (κ2) is 12.2. The number of carbonyl (C=O) groups is 2. The smallest absolute Gasteiger partial charge is 0.269 e. The number of nitro benzene ring substituents is 1. The first-order valence-electron chi connectivity index (χ1n) is 10.7. The predicted octanol–water partition coefficient (Wildman–Crippen LogP) is 4.47. The lowest BCUT2D eigenvalue weighted by molar-refractivity contribution is -0.384. The van der Waals surface area contributed by atoms with Crippen LogP contribution in [-0.4, -0.2) is 39.5 Å². The van der Waals surface area contributed by atoms with Crippen LogP contribution < -0.4 is 5.32 Å². The van der Waals surface area contributed by atoms with Crippen molar-refractivity contribution in [3.8, 4) is 0 Å². The molecular weight excluding hydrogens is 426 g/mol. The molecule has 1 atom stereocenters. The fourth-order valence-corrected chi connectivity index (χ4v) is 4.23. The Morgan fingerprint density at radius 2 is 1.81 bits per heavy atom. The van der Waals surface area contributed by atoms with Crippen molar-refractivity contribution >= 4 is 29.3 Å². The molecule has 8 heteroatoms. The Morgan fingerprint density at radius 1 is 1.12 bits per heavy atom. The Bertz CT molecular complexity index is 931. The lowest BCUT2D eigenvalue weighted by Gasteiger charge is -2.31. The normalized spacial score (nSPS) is 11.8. The number of amides is 2. The summed E-state index contributed by atoms with van der Waals surface area (Å²) in [5.41, 5.74) is 3.03. The molecule has 0 fully saturated rings. The van der Waals surface area contributed by atoms with Crippen molar-refractivity contribution in [3.63, 3.8) is 0 Å². The Balaban J connectivity index is 2.11. The van der Waals surface area contributed by atoms with Gasteiger partial charge in [0.1, 0.15) is 6.04 Å². The van der Waals surface area contributed by atoms with Gasteiger partial charge in [0.15, 0.2) is 0 Å². The Labute approximate surface area is 193 Å². The molecule has 0 heterocycles. The van der Waals surface area contributed by atoms with Crippen LogP contribution in [0.25, 0.3) is 0 Å². The van der Waals surface area contributed by atoms with E-state index in [4.69, 9.17) is 0 Å². The summed E-state index contributed by atoms with van der Waals surface area (Å²) in [6, 6.07) is 13.7. The quantitative estimate of drug-likeness (QED) is 0.397. The number of carbonyl (C=O) groups excluding carboxylic acids is 2. The molecule has 0 bridgehead atoms. The minimum Gasteiger partial charge on any atom is -0.352 e. The molecule has 0 aliphatic heterocycles. The van der Waals surface area contributed by atoms with Crippen LogP contribution >= 0.6 is 11.8 Å². The number of nitrogens with zero attached hydrogens (tertiary/aromatic N) is 2. The average molecular weight is 458 g/mol. The highest BCUT2D eigenvalue weighted by Crippen LogP contribution is 2.19. The van der Waals surface area contributed by atoms with Gasteiger partial charge in [0.25, 0.3) is 5.69 Å². The first-order chi connectivity index (χ1) is 15.2. The van der Waals surface area contributed by atoms with E-state index in [-0.39, 0.29) is 29.3 Å². The van der Waals surface area contributed by atoms with Crippen LogP contribution in [0.15, 0.2) is 48.5 Å². The zero-order valence-electron chi connectivity index (χ0n) is 19.0. The second-order valence-electron chi connectivity index (χ2n) is 8.01. The molecule has 0 unspecified atom stereocenters. The molecule has 0 saturated carbocycles. The number of nitro groups is 1. The number of rotatable bonds is 11. The van der Waals surface area contributed by atoms with Crippen LogP contribution in [0.5, 0.6) is 0 Å². The first kappa shape index (κ1) is 25.4. The van der Waals surface area contributed by atoms with Gasteiger partial charge in [-0.2, -0.15) is 0 Å². The molecule has 2 aromatic rings. The molecule has 2 aromatic carbocycles. The van der Waals surface area contributed by atoms with Gasteiger partial charge in [-0.15, -0.1) is 11.8 Å². The number of non-ortho nitro benzene ring substituents is 1. The summed E-state index contributed by atoms with van der Waals surface area (Å²) in [6.07, 6.45) is 0.517.